The lowest BCUT2D eigenvalue weighted by atomic mass is 9.67. The van der Waals surface area contributed by atoms with Crippen molar-refractivity contribution in [1.82, 2.24) is 0 Å². The van der Waals surface area contributed by atoms with Crippen molar-refractivity contribution in [1.29, 1.82) is 0 Å². The number of benzene rings is 12. The maximum absolute atomic E-state index is 2.47. The van der Waals surface area contributed by atoms with E-state index in [9.17, 15) is 0 Å². The van der Waals surface area contributed by atoms with Gasteiger partial charge in [0, 0.05) is 17.1 Å². The third-order valence-corrected chi connectivity index (χ3v) is 16.1. The number of fused-ring (bicyclic) bond motifs is 6. The fourth-order valence-electron chi connectivity index (χ4n) is 12.9. The van der Waals surface area contributed by atoms with E-state index in [0.29, 0.717) is 0 Å². The lowest BCUT2D eigenvalue weighted by Crippen LogP contribution is -2.28. The molecule has 12 aromatic rings. The third kappa shape index (κ3) is 6.93. The Morgan fingerprint density at radius 2 is 0.533 bits per heavy atom. The zero-order valence-corrected chi connectivity index (χ0v) is 41.4. The molecular formula is C74H51N. The van der Waals surface area contributed by atoms with Gasteiger partial charge in [-0.05, 0) is 137 Å². The van der Waals surface area contributed by atoms with E-state index >= 15 is 0 Å². The van der Waals surface area contributed by atoms with Crippen LogP contribution in [0.5, 0.6) is 0 Å². The van der Waals surface area contributed by atoms with Gasteiger partial charge >= 0.3 is 0 Å². The van der Waals surface area contributed by atoms with E-state index in [-0.39, 0.29) is 0 Å². The Hall–Kier alpha value is -9.56. The minimum atomic E-state index is -0.538. The van der Waals surface area contributed by atoms with Crippen molar-refractivity contribution < 1.29 is 0 Å². The molecule has 352 valence electrons. The second-order valence-electron chi connectivity index (χ2n) is 19.9. The van der Waals surface area contributed by atoms with Crippen molar-refractivity contribution in [2.75, 3.05) is 4.90 Å². The lowest BCUT2D eigenvalue weighted by molar-refractivity contribution is 0.768. The quantitative estimate of drug-likeness (QED) is 0.132. The summed E-state index contributed by atoms with van der Waals surface area (Å²) in [7, 11) is 0. The van der Waals surface area contributed by atoms with Gasteiger partial charge in [0.05, 0.1) is 10.8 Å². The van der Waals surface area contributed by atoms with Crippen molar-refractivity contribution in [3.8, 4) is 55.6 Å². The SMILES string of the molecule is c1ccc(-c2ccccc2-c2ccc(N(c3ccc(-c4cccc5c4-c4ccccc4C5(c4ccccc4)c4ccccc4)cc3)c3ccc4c(c3)C(c3ccccc3)(c3ccccc3)c3ccccc3-4)cc2)cc1. The first kappa shape index (κ1) is 44.2. The first-order valence-corrected chi connectivity index (χ1v) is 26.1. The molecule has 0 aliphatic heterocycles. The monoisotopic (exact) mass is 953 g/mol. The normalized spacial score (nSPS) is 13.3. The number of nitrogens with zero attached hydrogens (tertiary/aromatic N) is 1. The standard InChI is InChI=1S/C74H51N/c1-6-23-52(24-7-1)62-33-16-17-34-63(62)53-41-45-59(46-42-53)75(61-49-50-66-65-35-18-20-38-68(65)74(71(66)51-61,57-29-12-4-13-30-57)58-31-14-5-15-32-58)60-47-43-54(44-48-60)64-37-22-40-70-72(64)67-36-19-21-39-69(67)73(70,55-25-8-2-9-26-55)56-27-10-3-11-28-56/h1-51H. The summed E-state index contributed by atoms with van der Waals surface area (Å²) in [5.74, 6) is 0. The molecule has 0 bridgehead atoms. The van der Waals surface area contributed by atoms with Gasteiger partial charge in [-0.15, -0.1) is 0 Å². The molecule has 0 atom stereocenters. The first-order valence-electron chi connectivity index (χ1n) is 26.1. The Bertz CT molecular complexity index is 3940. The smallest absolute Gasteiger partial charge is 0.0714 e. The summed E-state index contributed by atoms with van der Waals surface area (Å²) in [5, 5.41) is 0. The molecule has 1 heteroatoms. The predicted molar refractivity (Wildman–Crippen MR) is 312 cm³/mol. The maximum Gasteiger partial charge on any atom is 0.0714 e. The van der Waals surface area contributed by atoms with Crippen LogP contribution in [0.3, 0.4) is 0 Å². The van der Waals surface area contributed by atoms with Crippen LogP contribution in [0.15, 0.2) is 309 Å². The minimum absolute atomic E-state index is 0.475. The van der Waals surface area contributed by atoms with Crippen LogP contribution in [0, 0.1) is 0 Å². The van der Waals surface area contributed by atoms with Gasteiger partial charge in [-0.3, -0.25) is 0 Å². The number of anilines is 3. The van der Waals surface area contributed by atoms with Crippen molar-refractivity contribution in [3.05, 3.63) is 354 Å². The van der Waals surface area contributed by atoms with E-state index in [0.717, 1.165) is 17.1 Å². The van der Waals surface area contributed by atoms with Gasteiger partial charge in [-0.25, -0.2) is 0 Å². The van der Waals surface area contributed by atoms with E-state index in [1.807, 2.05) is 0 Å². The van der Waals surface area contributed by atoms with E-state index in [1.165, 1.54) is 100 Å². The molecule has 0 saturated carbocycles. The van der Waals surface area contributed by atoms with E-state index < -0.39 is 10.8 Å². The van der Waals surface area contributed by atoms with Crippen molar-refractivity contribution in [2.24, 2.45) is 0 Å². The van der Waals surface area contributed by atoms with Crippen LogP contribution in [0.25, 0.3) is 55.6 Å². The highest BCUT2D eigenvalue weighted by atomic mass is 15.1. The van der Waals surface area contributed by atoms with Gasteiger partial charge in [0.2, 0.25) is 0 Å². The highest BCUT2D eigenvalue weighted by molar-refractivity contribution is 5.96. The molecule has 0 N–H and O–H groups in total. The fourth-order valence-corrected chi connectivity index (χ4v) is 12.9. The van der Waals surface area contributed by atoms with Gasteiger partial charge in [0.1, 0.15) is 0 Å². The average molecular weight is 954 g/mol. The summed E-state index contributed by atoms with van der Waals surface area (Å²) in [6.45, 7) is 0. The zero-order chi connectivity index (χ0) is 49.8. The second-order valence-corrected chi connectivity index (χ2v) is 19.9. The van der Waals surface area contributed by atoms with Crippen molar-refractivity contribution >= 4 is 17.1 Å². The van der Waals surface area contributed by atoms with Gasteiger partial charge in [-0.2, -0.15) is 0 Å². The molecular weight excluding hydrogens is 903 g/mol. The summed E-state index contributed by atoms with van der Waals surface area (Å²) < 4.78 is 0. The van der Waals surface area contributed by atoms with E-state index in [2.05, 4.69) is 314 Å². The first-order chi connectivity index (χ1) is 37.2. The lowest BCUT2D eigenvalue weighted by Gasteiger charge is -2.35. The van der Waals surface area contributed by atoms with Crippen LogP contribution in [-0.2, 0) is 10.8 Å². The highest BCUT2D eigenvalue weighted by Crippen LogP contribution is 2.60. The predicted octanol–water partition coefficient (Wildman–Crippen LogP) is 18.9. The Labute approximate surface area is 440 Å². The highest BCUT2D eigenvalue weighted by Gasteiger charge is 2.48. The molecule has 0 heterocycles. The second kappa shape index (κ2) is 18.2. The summed E-state index contributed by atoms with van der Waals surface area (Å²) >= 11 is 0. The maximum atomic E-state index is 2.47. The number of rotatable bonds is 10. The van der Waals surface area contributed by atoms with Crippen molar-refractivity contribution in [3.63, 3.8) is 0 Å². The average Bonchev–Trinajstić information content (AvgIpc) is 4.09. The Kier molecular flexibility index (Phi) is 10.7. The Morgan fingerprint density at radius 1 is 0.200 bits per heavy atom. The molecule has 0 unspecified atom stereocenters. The fraction of sp³-hybridized carbons (Fsp3) is 0.0270. The van der Waals surface area contributed by atoms with Gasteiger partial charge in [0.25, 0.3) is 0 Å². The van der Waals surface area contributed by atoms with Crippen LogP contribution in [0.2, 0.25) is 0 Å². The van der Waals surface area contributed by atoms with Crippen LogP contribution < -0.4 is 4.90 Å². The minimum Gasteiger partial charge on any atom is -0.310 e. The summed E-state index contributed by atoms with van der Waals surface area (Å²) in [6.07, 6.45) is 0. The molecule has 14 rings (SSSR count). The molecule has 75 heavy (non-hydrogen) atoms. The van der Waals surface area contributed by atoms with Gasteiger partial charge in [0.15, 0.2) is 0 Å². The van der Waals surface area contributed by atoms with Gasteiger partial charge < -0.3 is 4.90 Å². The Morgan fingerprint density at radius 3 is 1.04 bits per heavy atom. The molecule has 0 amide bonds. The molecule has 0 spiro atoms. The molecule has 2 aliphatic rings. The number of hydrogen-bond donors (Lipinski definition) is 0. The van der Waals surface area contributed by atoms with E-state index in [1.54, 1.807) is 0 Å². The molecule has 0 saturated heterocycles. The van der Waals surface area contributed by atoms with Crippen LogP contribution in [0.4, 0.5) is 17.1 Å². The summed E-state index contributed by atoms with van der Waals surface area (Å²) in [5.41, 5.74) is 24.7. The summed E-state index contributed by atoms with van der Waals surface area (Å²) in [4.78, 5) is 2.45. The molecule has 1 nitrogen and oxygen atoms in total. The Balaban J connectivity index is 0.948. The molecule has 0 radical (unpaired) electrons. The van der Waals surface area contributed by atoms with Crippen LogP contribution in [0.1, 0.15) is 44.5 Å². The molecule has 0 fully saturated rings. The molecule has 2 aliphatic carbocycles. The topological polar surface area (TPSA) is 3.24 Å². The van der Waals surface area contributed by atoms with E-state index in [4.69, 9.17) is 0 Å². The number of hydrogen-bond acceptors (Lipinski definition) is 1. The summed E-state index contributed by atoms with van der Waals surface area (Å²) in [6, 6.07) is 114. The molecule has 12 aromatic carbocycles. The third-order valence-electron chi connectivity index (χ3n) is 16.1. The van der Waals surface area contributed by atoms with Crippen LogP contribution >= 0.6 is 0 Å². The zero-order valence-electron chi connectivity index (χ0n) is 41.4. The van der Waals surface area contributed by atoms with Crippen molar-refractivity contribution in [2.45, 2.75) is 10.8 Å². The van der Waals surface area contributed by atoms with Crippen LogP contribution in [-0.4, -0.2) is 0 Å². The largest absolute Gasteiger partial charge is 0.310 e. The molecule has 0 aromatic heterocycles. The van der Waals surface area contributed by atoms with Gasteiger partial charge in [-0.1, -0.05) is 273 Å².